The van der Waals surface area contributed by atoms with Gasteiger partial charge in [-0.15, -0.1) is 0 Å². The minimum absolute atomic E-state index is 0.251. The second kappa shape index (κ2) is 4.04. The van der Waals surface area contributed by atoms with Crippen molar-refractivity contribution in [3.63, 3.8) is 0 Å². The van der Waals surface area contributed by atoms with Gasteiger partial charge >= 0.3 is 0 Å². The second-order valence-electron chi connectivity index (χ2n) is 2.28. The SMILES string of the molecule is N#CC(C#N)=C(F)c1ccccc1. The van der Waals surface area contributed by atoms with Gasteiger partial charge < -0.3 is 0 Å². The van der Waals surface area contributed by atoms with Crippen molar-refractivity contribution in [1.29, 1.82) is 10.5 Å². The van der Waals surface area contributed by atoms with E-state index in [4.69, 9.17) is 10.5 Å². The number of halogens is 1. The number of nitrogens with zero attached hydrogens (tertiary/aromatic N) is 2. The summed E-state index contributed by atoms with van der Waals surface area (Å²) in [4.78, 5) is 0. The average molecular weight is 172 g/mol. The predicted octanol–water partition coefficient (Wildman–Crippen LogP) is 2.41. The first-order chi connectivity index (χ1) is 6.29. The normalized spacial score (nSPS) is 8.23. The molecule has 0 aliphatic rings. The van der Waals surface area contributed by atoms with E-state index in [0.717, 1.165) is 0 Å². The van der Waals surface area contributed by atoms with Gasteiger partial charge in [-0.2, -0.15) is 10.5 Å². The monoisotopic (exact) mass is 172 g/mol. The molecule has 0 fully saturated rings. The Morgan fingerprint density at radius 3 is 2.08 bits per heavy atom. The second-order valence-corrected chi connectivity index (χ2v) is 2.28. The number of hydrogen-bond acceptors (Lipinski definition) is 2. The van der Waals surface area contributed by atoms with E-state index in [0.29, 0.717) is 0 Å². The van der Waals surface area contributed by atoms with E-state index < -0.39 is 11.4 Å². The number of nitriles is 2. The van der Waals surface area contributed by atoms with Gasteiger partial charge in [-0.1, -0.05) is 30.3 Å². The third kappa shape index (κ3) is 1.91. The molecule has 0 atom stereocenters. The Hall–Kier alpha value is -2.13. The van der Waals surface area contributed by atoms with Crippen molar-refractivity contribution in [3.05, 3.63) is 41.5 Å². The molecule has 0 unspecified atom stereocenters. The molecule has 0 heterocycles. The van der Waals surface area contributed by atoms with Crippen molar-refractivity contribution in [1.82, 2.24) is 0 Å². The van der Waals surface area contributed by atoms with Gasteiger partial charge in [0, 0.05) is 5.56 Å². The summed E-state index contributed by atoms with van der Waals surface area (Å²) in [6.07, 6.45) is 0. The molecule has 0 N–H and O–H groups in total. The molecule has 0 radical (unpaired) electrons. The summed E-state index contributed by atoms with van der Waals surface area (Å²) in [7, 11) is 0. The summed E-state index contributed by atoms with van der Waals surface area (Å²) in [5.74, 6) is -0.773. The molecular formula is C10H5FN2. The Balaban J connectivity index is 3.21. The first-order valence-corrected chi connectivity index (χ1v) is 3.55. The highest BCUT2D eigenvalue weighted by Crippen LogP contribution is 2.18. The first-order valence-electron chi connectivity index (χ1n) is 3.55. The molecule has 0 aliphatic heterocycles. The average Bonchev–Trinajstić information content (AvgIpc) is 2.21. The van der Waals surface area contributed by atoms with Crippen LogP contribution in [0.5, 0.6) is 0 Å². The highest BCUT2D eigenvalue weighted by atomic mass is 19.1. The fraction of sp³-hybridized carbons (Fsp3) is 0. The lowest BCUT2D eigenvalue weighted by Crippen LogP contribution is -1.81. The van der Waals surface area contributed by atoms with Crippen LogP contribution in [-0.2, 0) is 0 Å². The molecular weight excluding hydrogens is 167 g/mol. The van der Waals surface area contributed by atoms with E-state index in [-0.39, 0.29) is 5.56 Å². The van der Waals surface area contributed by atoms with Crippen molar-refractivity contribution in [2.24, 2.45) is 0 Å². The summed E-state index contributed by atoms with van der Waals surface area (Å²) < 4.78 is 13.2. The minimum atomic E-state index is -0.773. The number of hydrogen-bond donors (Lipinski definition) is 0. The Morgan fingerprint density at radius 2 is 1.62 bits per heavy atom. The maximum atomic E-state index is 13.2. The van der Waals surface area contributed by atoms with Gasteiger partial charge in [0.05, 0.1) is 0 Å². The molecule has 3 heteroatoms. The van der Waals surface area contributed by atoms with E-state index in [1.54, 1.807) is 18.2 Å². The van der Waals surface area contributed by atoms with Gasteiger partial charge in [0.15, 0.2) is 11.4 Å². The predicted molar refractivity (Wildman–Crippen MR) is 45.7 cm³/mol. The van der Waals surface area contributed by atoms with E-state index in [9.17, 15) is 4.39 Å². The maximum Gasteiger partial charge on any atom is 0.165 e. The van der Waals surface area contributed by atoms with Crippen LogP contribution in [0.15, 0.2) is 35.9 Å². The Labute approximate surface area is 75.2 Å². The first kappa shape index (κ1) is 8.96. The minimum Gasteiger partial charge on any atom is -0.204 e. The van der Waals surface area contributed by atoms with E-state index in [1.807, 2.05) is 0 Å². The Kier molecular flexibility index (Phi) is 2.78. The molecule has 13 heavy (non-hydrogen) atoms. The van der Waals surface area contributed by atoms with Gasteiger partial charge in [-0.05, 0) is 0 Å². The topological polar surface area (TPSA) is 47.6 Å². The van der Waals surface area contributed by atoms with Crippen molar-refractivity contribution in [2.45, 2.75) is 0 Å². The van der Waals surface area contributed by atoms with E-state index >= 15 is 0 Å². The molecule has 1 aromatic carbocycles. The lowest BCUT2D eigenvalue weighted by atomic mass is 10.1. The van der Waals surface area contributed by atoms with Gasteiger partial charge in [0.1, 0.15) is 12.1 Å². The molecule has 0 amide bonds. The lowest BCUT2D eigenvalue weighted by molar-refractivity contribution is 0.757. The van der Waals surface area contributed by atoms with Crippen LogP contribution in [0.3, 0.4) is 0 Å². The van der Waals surface area contributed by atoms with Gasteiger partial charge in [0.2, 0.25) is 0 Å². The van der Waals surface area contributed by atoms with Gasteiger partial charge in [-0.25, -0.2) is 4.39 Å². The van der Waals surface area contributed by atoms with Crippen LogP contribution in [0, 0.1) is 22.7 Å². The number of rotatable bonds is 1. The number of allylic oxidation sites excluding steroid dienone is 1. The molecule has 1 aromatic rings. The third-order valence-corrected chi connectivity index (χ3v) is 1.47. The van der Waals surface area contributed by atoms with Crippen LogP contribution in [0.2, 0.25) is 0 Å². The molecule has 0 spiro atoms. The third-order valence-electron chi connectivity index (χ3n) is 1.47. The molecule has 0 bridgehead atoms. The fourth-order valence-corrected chi connectivity index (χ4v) is 0.852. The van der Waals surface area contributed by atoms with Crippen LogP contribution in [0.1, 0.15) is 5.56 Å². The maximum absolute atomic E-state index is 13.2. The molecule has 0 saturated carbocycles. The van der Waals surface area contributed by atoms with Crippen LogP contribution in [-0.4, -0.2) is 0 Å². The zero-order valence-electron chi connectivity index (χ0n) is 6.66. The smallest absolute Gasteiger partial charge is 0.165 e. The largest absolute Gasteiger partial charge is 0.204 e. The van der Waals surface area contributed by atoms with Crippen LogP contribution >= 0.6 is 0 Å². The van der Waals surface area contributed by atoms with E-state index in [1.165, 1.54) is 24.3 Å². The Morgan fingerprint density at radius 1 is 1.08 bits per heavy atom. The highest BCUT2D eigenvalue weighted by molar-refractivity contribution is 5.69. The Bertz CT molecular complexity index is 391. The molecule has 0 saturated heterocycles. The summed E-state index contributed by atoms with van der Waals surface area (Å²) in [6.45, 7) is 0. The molecule has 0 aromatic heterocycles. The molecule has 2 nitrogen and oxygen atoms in total. The quantitative estimate of drug-likeness (QED) is 0.610. The van der Waals surface area contributed by atoms with Crippen LogP contribution in [0.25, 0.3) is 5.83 Å². The van der Waals surface area contributed by atoms with Crippen molar-refractivity contribution in [2.75, 3.05) is 0 Å². The summed E-state index contributed by atoms with van der Waals surface area (Å²) in [5, 5.41) is 16.8. The summed E-state index contributed by atoms with van der Waals surface area (Å²) in [5.41, 5.74) is -0.244. The summed E-state index contributed by atoms with van der Waals surface area (Å²) in [6, 6.07) is 11.0. The molecule has 62 valence electrons. The number of benzene rings is 1. The zero-order chi connectivity index (χ0) is 9.68. The fourth-order valence-electron chi connectivity index (χ4n) is 0.852. The highest BCUT2D eigenvalue weighted by Gasteiger charge is 2.06. The summed E-state index contributed by atoms with van der Waals surface area (Å²) >= 11 is 0. The van der Waals surface area contributed by atoms with Crippen molar-refractivity contribution in [3.8, 4) is 12.1 Å². The van der Waals surface area contributed by atoms with Crippen LogP contribution in [0.4, 0.5) is 4.39 Å². The van der Waals surface area contributed by atoms with Gasteiger partial charge in [0.25, 0.3) is 0 Å². The standard InChI is InChI=1S/C10H5FN2/c11-10(9(6-12)7-13)8-4-2-1-3-5-8/h1-5H. The van der Waals surface area contributed by atoms with Gasteiger partial charge in [-0.3, -0.25) is 0 Å². The van der Waals surface area contributed by atoms with Crippen LogP contribution < -0.4 is 0 Å². The van der Waals surface area contributed by atoms with Crippen molar-refractivity contribution >= 4 is 5.83 Å². The lowest BCUT2D eigenvalue weighted by Gasteiger charge is -1.94. The molecule has 1 rings (SSSR count). The van der Waals surface area contributed by atoms with Crippen molar-refractivity contribution < 1.29 is 4.39 Å². The zero-order valence-corrected chi connectivity index (χ0v) is 6.66. The molecule has 0 aliphatic carbocycles. The van der Waals surface area contributed by atoms with E-state index in [2.05, 4.69) is 0 Å².